The fourth-order valence-corrected chi connectivity index (χ4v) is 0.634. The third-order valence-corrected chi connectivity index (χ3v) is 1.07. The molecule has 3 heteroatoms. The molecule has 0 radical (unpaired) electrons. The Labute approximate surface area is 57.1 Å². The Kier molecular flexibility index (Phi) is 3.15. The first-order chi connectivity index (χ1) is 3.18. The minimum Gasteiger partial charge on any atom is -0.494 e. The maximum Gasteiger partial charge on any atom is 0.191 e. The van der Waals surface area contributed by atoms with Crippen molar-refractivity contribution in [1.82, 2.24) is 3.53 Å². The van der Waals surface area contributed by atoms with Crippen molar-refractivity contribution in [2.75, 3.05) is 0 Å². The van der Waals surface area contributed by atoms with Crippen molar-refractivity contribution < 1.29 is 5.11 Å². The zero-order valence-electron chi connectivity index (χ0n) is 4.33. The highest BCUT2D eigenvalue weighted by Gasteiger charge is 1.86. The van der Waals surface area contributed by atoms with Crippen LogP contribution in [0.5, 0.6) is 0 Å². The molecule has 0 atom stereocenters. The van der Waals surface area contributed by atoms with Gasteiger partial charge in [0.2, 0.25) is 0 Å². The lowest BCUT2D eigenvalue weighted by atomic mass is 10.4. The van der Waals surface area contributed by atoms with E-state index < -0.39 is 0 Å². The van der Waals surface area contributed by atoms with Crippen molar-refractivity contribution >= 4 is 22.9 Å². The van der Waals surface area contributed by atoms with Gasteiger partial charge in [0.05, 0.1) is 22.9 Å². The fraction of sp³-hybridized carbons (Fsp3) is 0.500. The number of halogens is 1. The zero-order chi connectivity index (χ0) is 5.86. The van der Waals surface area contributed by atoms with Gasteiger partial charge in [0.15, 0.2) is 5.88 Å². The molecule has 7 heavy (non-hydrogen) atoms. The van der Waals surface area contributed by atoms with E-state index in [9.17, 15) is 0 Å². The molecule has 0 aromatic heterocycles. The topological polar surface area (TPSA) is 32.3 Å². The van der Waals surface area contributed by atoms with E-state index >= 15 is 0 Å². The summed E-state index contributed by atoms with van der Waals surface area (Å²) in [5.74, 6) is 0.251. The Morgan fingerprint density at radius 3 is 2.00 bits per heavy atom. The lowest BCUT2D eigenvalue weighted by Gasteiger charge is -1.94. The van der Waals surface area contributed by atoms with Gasteiger partial charge < -0.3 is 5.11 Å². The highest BCUT2D eigenvalue weighted by Crippen LogP contribution is 1.94. The summed E-state index contributed by atoms with van der Waals surface area (Å²) < 4.78 is 2.57. The van der Waals surface area contributed by atoms with E-state index in [-0.39, 0.29) is 5.88 Å². The molecule has 0 amide bonds. The monoisotopic (exact) mass is 213 g/mol. The maximum atomic E-state index is 8.70. The van der Waals surface area contributed by atoms with Crippen molar-refractivity contribution in [3.05, 3.63) is 11.5 Å². The van der Waals surface area contributed by atoms with Crippen LogP contribution < -0.4 is 3.53 Å². The normalized spacial score (nSPS) is 7.86. The number of aliphatic hydroxyl groups excluding tert-OH is 1. The van der Waals surface area contributed by atoms with Crippen molar-refractivity contribution in [1.29, 1.82) is 0 Å². The summed E-state index contributed by atoms with van der Waals surface area (Å²) >= 11 is 1.87. The van der Waals surface area contributed by atoms with Gasteiger partial charge in [-0.25, -0.2) is 0 Å². The number of nitrogens with one attached hydrogen (secondary N) is 1. The van der Waals surface area contributed by atoms with Crippen LogP contribution >= 0.6 is 22.9 Å². The predicted octanol–water partition coefficient (Wildman–Crippen LogP) is 1.74. The molecule has 0 aromatic rings. The Balaban J connectivity index is 3.72. The molecule has 0 rings (SSSR count). The lowest BCUT2D eigenvalue weighted by molar-refractivity contribution is 0.391. The summed E-state index contributed by atoms with van der Waals surface area (Å²) in [5.41, 5.74) is 0.898. The summed E-state index contributed by atoms with van der Waals surface area (Å²) in [5, 5.41) is 8.70. The standard InChI is InChI=1S/C4H8INO/c1-3(2)4(7)6-5/h6-7H,1-2H3. The molecule has 0 fully saturated rings. The van der Waals surface area contributed by atoms with Crippen LogP contribution in [0.3, 0.4) is 0 Å². The lowest BCUT2D eigenvalue weighted by Crippen LogP contribution is -1.97. The van der Waals surface area contributed by atoms with Crippen LogP contribution in [-0.4, -0.2) is 5.11 Å². The molecular weight excluding hydrogens is 205 g/mol. The second kappa shape index (κ2) is 3.12. The van der Waals surface area contributed by atoms with Gasteiger partial charge in [0, 0.05) is 0 Å². The van der Waals surface area contributed by atoms with Crippen molar-refractivity contribution in [3.8, 4) is 0 Å². The summed E-state index contributed by atoms with van der Waals surface area (Å²) in [6.45, 7) is 3.67. The Morgan fingerprint density at radius 1 is 1.57 bits per heavy atom. The van der Waals surface area contributed by atoms with Crippen LogP contribution in [0.25, 0.3) is 0 Å². The van der Waals surface area contributed by atoms with E-state index in [1.807, 2.05) is 36.7 Å². The molecule has 0 aliphatic rings. The van der Waals surface area contributed by atoms with Crippen molar-refractivity contribution in [2.45, 2.75) is 13.8 Å². The van der Waals surface area contributed by atoms with Crippen LogP contribution in [0.2, 0.25) is 0 Å². The smallest absolute Gasteiger partial charge is 0.191 e. The van der Waals surface area contributed by atoms with Gasteiger partial charge in [-0.3, -0.25) is 3.53 Å². The largest absolute Gasteiger partial charge is 0.494 e. The van der Waals surface area contributed by atoms with Gasteiger partial charge in [-0.15, -0.1) is 0 Å². The van der Waals surface area contributed by atoms with Gasteiger partial charge >= 0.3 is 0 Å². The SMILES string of the molecule is CC(C)=C(O)NI. The first-order valence-corrected chi connectivity index (χ1v) is 2.99. The quantitative estimate of drug-likeness (QED) is 0.395. The Morgan fingerprint density at radius 2 is 2.00 bits per heavy atom. The van der Waals surface area contributed by atoms with Gasteiger partial charge in [-0.05, 0) is 19.4 Å². The van der Waals surface area contributed by atoms with Crippen LogP contribution in [0.15, 0.2) is 11.5 Å². The molecule has 42 valence electrons. The first kappa shape index (κ1) is 7.07. The van der Waals surface area contributed by atoms with Crippen molar-refractivity contribution in [3.63, 3.8) is 0 Å². The molecule has 0 unspecified atom stereocenters. The molecule has 2 N–H and O–H groups in total. The Hall–Kier alpha value is 0.0700. The summed E-state index contributed by atoms with van der Waals surface area (Å²) in [6, 6.07) is 0. The number of hydrogen-bond acceptors (Lipinski definition) is 2. The van der Waals surface area contributed by atoms with Crippen LogP contribution in [0.1, 0.15) is 13.8 Å². The zero-order valence-corrected chi connectivity index (χ0v) is 6.48. The van der Waals surface area contributed by atoms with Crippen LogP contribution in [0, 0.1) is 0 Å². The highest BCUT2D eigenvalue weighted by atomic mass is 127. The molecular formula is C4H8INO. The predicted molar refractivity (Wildman–Crippen MR) is 38.2 cm³/mol. The number of allylic oxidation sites excluding steroid dienone is 1. The van der Waals surface area contributed by atoms with Gasteiger partial charge in [-0.1, -0.05) is 0 Å². The van der Waals surface area contributed by atoms with E-state index in [4.69, 9.17) is 5.11 Å². The minimum absolute atomic E-state index is 0.251. The second-order valence-electron chi connectivity index (χ2n) is 1.44. The molecule has 0 saturated carbocycles. The highest BCUT2D eigenvalue weighted by molar-refractivity contribution is 14.1. The molecule has 0 aromatic carbocycles. The third kappa shape index (κ3) is 2.73. The Bertz CT molecular complexity index is 85.7. The summed E-state index contributed by atoms with van der Waals surface area (Å²) in [4.78, 5) is 0. The van der Waals surface area contributed by atoms with Gasteiger partial charge in [0.1, 0.15) is 0 Å². The second-order valence-corrected chi connectivity index (χ2v) is 1.98. The molecule has 0 saturated heterocycles. The van der Waals surface area contributed by atoms with E-state index in [1.54, 1.807) is 0 Å². The van der Waals surface area contributed by atoms with Gasteiger partial charge in [-0.2, -0.15) is 0 Å². The van der Waals surface area contributed by atoms with E-state index in [1.165, 1.54) is 0 Å². The number of rotatable bonds is 1. The van der Waals surface area contributed by atoms with E-state index in [0.717, 1.165) is 5.57 Å². The maximum absolute atomic E-state index is 8.70. The number of aliphatic hydroxyl groups is 1. The summed E-state index contributed by atoms with van der Waals surface area (Å²) in [6.07, 6.45) is 0. The molecule has 0 aliphatic heterocycles. The van der Waals surface area contributed by atoms with Gasteiger partial charge in [0.25, 0.3) is 0 Å². The average molecular weight is 213 g/mol. The van der Waals surface area contributed by atoms with Crippen LogP contribution in [0.4, 0.5) is 0 Å². The molecule has 0 aliphatic carbocycles. The van der Waals surface area contributed by atoms with Crippen LogP contribution in [-0.2, 0) is 0 Å². The average Bonchev–Trinajstić information content (AvgIpc) is 1.65. The number of hydrogen-bond donors (Lipinski definition) is 2. The first-order valence-electron chi connectivity index (χ1n) is 1.91. The van der Waals surface area contributed by atoms with Crippen molar-refractivity contribution in [2.24, 2.45) is 0 Å². The van der Waals surface area contributed by atoms with E-state index in [0.29, 0.717) is 0 Å². The molecule has 0 bridgehead atoms. The van der Waals surface area contributed by atoms with E-state index in [2.05, 4.69) is 3.53 Å². The third-order valence-electron chi connectivity index (χ3n) is 0.563. The molecule has 0 heterocycles. The summed E-state index contributed by atoms with van der Waals surface area (Å²) in [7, 11) is 0. The fourth-order valence-electron chi connectivity index (χ4n) is 0.0945. The molecule has 2 nitrogen and oxygen atoms in total. The minimum atomic E-state index is 0.251. The molecule has 0 spiro atoms.